The second-order valence-electron chi connectivity index (χ2n) is 4.66. The van der Waals surface area contributed by atoms with E-state index in [-0.39, 0.29) is 0 Å². The van der Waals surface area contributed by atoms with E-state index in [4.69, 9.17) is 0 Å². The Labute approximate surface area is 431 Å². The van der Waals surface area contributed by atoms with Crippen LogP contribution in [0.4, 0.5) is 0 Å². The van der Waals surface area contributed by atoms with Crippen LogP contribution in [-0.2, 0) is 0 Å². The molecule has 8 rings (SSSR count). The van der Waals surface area contributed by atoms with Gasteiger partial charge in [-0.1, -0.05) is 209 Å². The van der Waals surface area contributed by atoms with Crippen LogP contribution in [0.2, 0.25) is 0 Å². The van der Waals surface area contributed by atoms with Gasteiger partial charge in [0.25, 0.3) is 0 Å². The van der Waals surface area contributed by atoms with Gasteiger partial charge in [0.2, 0.25) is 25.6 Å². The van der Waals surface area contributed by atoms with Crippen molar-refractivity contribution in [3.63, 3.8) is 0 Å². The van der Waals surface area contributed by atoms with E-state index in [2.05, 4.69) is 98.1 Å². The van der Waals surface area contributed by atoms with Crippen molar-refractivity contribution >= 4 is 45.7 Å². The molecule has 0 spiro atoms. The van der Waals surface area contributed by atoms with Gasteiger partial charge in [-0.05, 0) is 22.0 Å². The number of rotatable bonds is 0. The third-order valence-electron chi connectivity index (χ3n) is 2.28. The largest absolute Gasteiger partial charge is 0.452 e. The van der Waals surface area contributed by atoms with Crippen LogP contribution in [0.1, 0.15) is 194 Å². The van der Waals surface area contributed by atoms with Crippen LogP contribution in [-0.4, -0.2) is 80.2 Å². The molecule has 0 aliphatic carbocycles. The van der Waals surface area contributed by atoms with Gasteiger partial charge in [0.05, 0.1) is 17.0 Å². The highest BCUT2D eigenvalue weighted by molar-refractivity contribution is 7.07. The van der Waals surface area contributed by atoms with E-state index in [1.807, 2.05) is 199 Å². The van der Waals surface area contributed by atoms with Gasteiger partial charge in [0.15, 0.2) is 12.7 Å². The molecule has 0 atom stereocenters. The van der Waals surface area contributed by atoms with Gasteiger partial charge in [-0.15, -0.1) is 48.2 Å². The molecule has 0 saturated heterocycles. The second kappa shape index (κ2) is 189. The molecule has 8 aromatic rings. The fourth-order valence-corrected chi connectivity index (χ4v) is 2.21. The molecular formula is C44H100N16O4S4. The van der Waals surface area contributed by atoms with Crippen LogP contribution < -0.4 is 0 Å². The molecule has 0 aromatic carbocycles. The molecule has 0 aliphatic heterocycles. The average molecular weight is 1050 g/mol. The van der Waals surface area contributed by atoms with Crippen LogP contribution in [0.25, 0.3) is 0 Å². The number of thiazole rings is 1. The van der Waals surface area contributed by atoms with Gasteiger partial charge in [-0.2, -0.15) is 4.37 Å². The van der Waals surface area contributed by atoms with E-state index in [1.54, 1.807) is 51.3 Å². The molecule has 20 nitrogen and oxygen atoms in total. The normalized spacial score (nSPS) is 5.94. The van der Waals surface area contributed by atoms with E-state index in [0.717, 1.165) is 6.39 Å². The van der Waals surface area contributed by atoms with Crippen LogP contribution in [0.3, 0.4) is 0 Å². The van der Waals surface area contributed by atoms with Crippen LogP contribution in [0, 0.1) is 0 Å². The first kappa shape index (κ1) is 101. The summed E-state index contributed by atoms with van der Waals surface area (Å²) in [6.07, 6.45) is 14.0. The monoisotopic (exact) mass is 1040 g/mol. The fraction of sp³-hybridized carbons (Fsp3) is 0.636. The summed E-state index contributed by atoms with van der Waals surface area (Å²) in [6.45, 7) is 56.0. The van der Waals surface area contributed by atoms with Crippen molar-refractivity contribution in [1.29, 1.82) is 0 Å². The van der Waals surface area contributed by atoms with Crippen molar-refractivity contribution in [3.05, 3.63) is 96.2 Å². The Balaban J connectivity index is -0.0000000381. The second-order valence-corrected chi connectivity index (χ2v) is 7.33. The molecular weight excluding hydrogens is 945 g/mol. The molecule has 0 amide bonds. The lowest BCUT2D eigenvalue weighted by atomic mass is 11.0. The van der Waals surface area contributed by atoms with Gasteiger partial charge >= 0.3 is 0 Å². The number of hydrogen-bond donors (Lipinski definition) is 0. The lowest BCUT2D eigenvalue weighted by Crippen LogP contribution is -1.61. The van der Waals surface area contributed by atoms with Crippen molar-refractivity contribution in [2.45, 2.75) is 194 Å². The summed E-state index contributed by atoms with van der Waals surface area (Å²) in [6, 6.07) is 0. The zero-order valence-electron chi connectivity index (χ0n) is 47.7. The molecule has 404 valence electrons. The maximum absolute atomic E-state index is 4.47. The molecule has 8 heterocycles. The van der Waals surface area contributed by atoms with E-state index in [0.29, 0.717) is 0 Å². The van der Waals surface area contributed by atoms with E-state index >= 15 is 0 Å². The lowest BCUT2D eigenvalue weighted by molar-refractivity contribution is 0.392. The summed E-state index contributed by atoms with van der Waals surface area (Å²) in [5.74, 6) is 0. The van der Waals surface area contributed by atoms with Crippen molar-refractivity contribution in [2.75, 3.05) is 0 Å². The Hall–Kier alpha value is -5.20. The number of oxazole rings is 1. The van der Waals surface area contributed by atoms with Gasteiger partial charge < -0.3 is 17.9 Å². The quantitative estimate of drug-likeness (QED) is 0.137. The first-order chi connectivity index (χ1) is 34.0. The molecule has 8 aromatic heterocycles. The topological polar surface area (TPSA) is 259 Å². The summed E-state index contributed by atoms with van der Waals surface area (Å²) < 4.78 is 24.2. The minimum Gasteiger partial charge on any atom is -0.452 e. The highest BCUT2D eigenvalue weighted by Crippen LogP contribution is 1.86. The summed E-state index contributed by atoms with van der Waals surface area (Å²) in [4.78, 5) is 14.4. The average Bonchev–Trinajstić information content (AvgIpc) is 4.33. The molecule has 0 saturated carbocycles. The summed E-state index contributed by atoms with van der Waals surface area (Å²) in [5, 5.41) is 34.6. The lowest BCUT2D eigenvalue weighted by Gasteiger charge is -1.47. The number of aromatic nitrogens is 16. The standard InChI is InChI=1S/C3H3NO.C3H3NS.2C2H2N2O.2C2H2N2S.14C2H6.CHN3O.CHN3S/c2*1-2-5-3-4-1;1-3-4-2-5-1;1-3-2-5-4-1;1-3-4-2-5-1;1-3-2-5-4-1;14*1-2;2*1-2-3-4-5-1/h2*1-3H;4*1-2H;14*1-2H3;2*1H. The summed E-state index contributed by atoms with van der Waals surface area (Å²) >= 11 is 5.69. The summed E-state index contributed by atoms with van der Waals surface area (Å²) in [5.41, 5.74) is 8.40. The van der Waals surface area contributed by atoms with Crippen LogP contribution >= 0.6 is 45.7 Å². The molecule has 24 heteroatoms. The van der Waals surface area contributed by atoms with Gasteiger partial charge in [0, 0.05) is 23.1 Å². The molecule has 0 aliphatic rings. The number of hydrogen-bond acceptors (Lipinski definition) is 24. The molecule has 68 heavy (non-hydrogen) atoms. The maximum atomic E-state index is 4.47. The van der Waals surface area contributed by atoms with Crippen LogP contribution in [0.5, 0.6) is 0 Å². The minimum atomic E-state index is 1.15. The van der Waals surface area contributed by atoms with E-state index < -0.39 is 0 Å². The molecule has 0 bridgehead atoms. The smallest absolute Gasteiger partial charge is 0.235 e. The highest BCUT2D eigenvalue weighted by Gasteiger charge is 1.64. The SMILES string of the molecule is CC.CC.CC.CC.CC.CC.CC.CC.CC.CC.CC.CC.CC.CC.c1cocn1.c1cscn1.c1ncon1.c1ncsn1.c1nnco1.c1nncs1.c1nnno1.c1nnns1. The Morgan fingerprint density at radius 2 is 0.868 bits per heavy atom. The number of nitrogens with zero attached hydrogens (tertiary/aromatic N) is 16. The Morgan fingerprint density at radius 1 is 0.338 bits per heavy atom. The molecule has 0 fully saturated rings. The maximum Gasteiger partial charge on any atom is 0.235 e. The first-order valence-corrected chi connectivity index (χ1v) is 27.1. The van der Waals surface area contributed by atoms with Gasteiger partial charge in [0.1, 0.15) is 34.6 Å². The predicted molar refractivity (Wildman–Crippen MR) is 296 cm³/mol. The van der Waals surface area contributed by atoms with E-state index in [1.165, 1.54) is 78.9 Å². The van der Waals surface area contributed by atoms with Crippen LogP contribution in [0.15, 0.2) is 114 Å². The molecule has 0 N–H and O–H groups in total. The highest BCUT2D eigenvalue weighted by atomic mass is 32.1. The Morgan fingerprint density at radius 3 is 0.985 bits per heavy atom. The van der Waals surface area contributed by atoms with Crippen molar-refractivity contribution in [3.8, 4) is 0 Å². The van der Waals surface area contributed by atoms with E-state index in [9.17, 15) is 0 Å². The molecule has 0 radical (unpaired) electrons. The molecule has 0 unspecified atom stereocenters. The van der Waals surface area contributed by atoms with Crippen molar-refractivity contribution < 1.29 is 17.9 Å². The van der Waals surface area contributed by atoms with Gasteiger partial charge in [-0.25, -0.2) is 15.0 Å². The third-order valence-corrected chi connectivity index (χ3v) is 4.03. The first-order valence-electron chi connectivity index (χ1n) is 23.6. The minimum absolute atomic E-state index is 1.15. The van der Waals surface area contributed by atoms with Gasteiger partial charge in [-0.3, -0.25) is 4.98 Å². The third kappa shape index (κ3) is 180. The zero-order chi connectivity index (χ0) is 56.3. The van der Waals surface area contributed by atoms with Crippen molar-refractivity contribution in [2.24, 2.45) is 0 Å². The van der Waals surface area contributed by atoms with Crippen molar-refractivity contribution in [1.82, 2.24) is 80.2 Å². The Bertz CT molecular complexity index is 861. The fourth-order valence-electron chi connectivity index (χ4n) is 1.11. The Kier molecular flexibility index (Phi) is 279. The predicted octanol–water partition coefficient (Wildman–Crippen LogP) is 16.8. The summed E-state index contributed by atoms with van der Waals surface area (Å²) in [7, 11) is 0. The zero-order valence-corrected chi connectivity index (χ0v) is 50.9.